The Bertz CT molecular complexity index is 302. The Balaban J connectivity index is 2.39. The predicted molar refractivity (Wildman–Crippen MR) is 79.9 cm³/mol. The molecule has 1 amide bonds. The van der Waals surface area contributed by atoms with Crippen LogP contribution in [0.4, 0.5) is 4.79 Å². The van der Waals surface area contributed by atoms with E-state index >= 15 is 0 Å². The summed E-state index contributed by atoms with van der Waals surface area (Å²) >= 11 is 0. The van der Waals surface area contributed by atoms with Gasteiger partial charge in [-0.3, -0.25) is 0 Å². The summed E-state index contributed by atoms with van der Waals surface area (Å²) in [5.41, 5.74) is -0.427. The average molecular weight is 286 g/mol. The largest absolute Gasteiger partial charge is 0.444 e. The molecule has 5 nitrogen and oxygen atoms in total. The van der Waals surface area contributed by atoms with Crippen molar-refractivity contribution in [2.24, 2.45) is 0 Å². The Morgan fingerprint density at radius 2 is 2.15 bits per heavy atom. The van der Waals surface area contributed by atoms with E-state index in [4.69, 9.17) is 9.47 Å². The van der Waals surface area contributed by atoms with E-state index in [1.54, 1.807) is 7.11 Å². The zero-order valence-electron chi connectivity index (χ0n) is 13.6. The first-order chi connectivity index (χ1) is 9.33. The highest BCUT2D eigenvalue weighted by Gasteiger charge is 2.31. The summed E-state index contributed by atoms with van der Waals surface area (Å²) in [5.74, 6) is 0. The van der Waals surface area contributed by atoms with Gasteiger partial charge in [-0.05, 0) is 47.0 Å². The Labute approximate surface area is 123 Å². The monoisotopic (exact) mass is 286 g/mol. The first kappa shape index (κ1) is 17.2. The molecule has 2 atom stereocenters. The third kappa shape index (κ3) is 6.09. The van der Waals surface area contributed by atoms with Crippen molar-refractivity contribution in [2.75, 3.05) is 26.8 Å². The van der Waals surface area contributed by atoms with Crippen molar-refractivity contribution in [3.8, 4) is 0 Å². The number of nitrogens with one attached hydrogen (secondary N) is 1. The summed E-state index contributed by atoms with van der Waals surface area (Å²) in [4.78, 5) is 14.0. The molecule has 20 heavy (non-hydrogen) atoms. The molecule has 0 aliphatic carbocycles. The highest BCUT2D eigenvalue weighted by Crippen LogP contribution is 2.20. The third-order valence-electron chi connectivity index (χ3n) is 3.46. The van der Waals surface area contributed by atoms with E-state index < -0.39 is 5.60 Å². The quantitative estimate of drug-likeness (QED) is 0.814. The molecular weight excluding hydrogens is 256 g/mol. The molecule has 1 aliphatic rings. The zero-order chi connectivity index (χ0) is 15.2. The van der Waals surface area contributed by atoms with Crippen molar-refractivity contribution in [3.63, 3.8) is 0 Å². The average Bonchev–Trinajstić information content (AvgIpc) is 2.80. The summed E-state index contributed by atoms with van der Waals surface area (Å²) in [5, 5.41) is 3.48. The number of hydrogen-bond donors (Lipinski definition) is 1. The number of methoxy groups -OCH3 is 1. The lowest BCUT2D eigenvalue weighted by Crippen LogP contribution is -2.45. The second-order valence-electron chi connectivity index (χ2n) is 6.56. The maximum absolute atomic E-state index is 12.1. The number of carbonyl (C=O) groups excluding carboxylic acids is 1. The molecule has 0 aromatic carbocycles. The number of amides is 1. The van der Waals surface area contributed by atoms with Crippen LogP contribution in [0.15, 0.2) is 0 Å². The predicted octanol–water partition coefficient (Wildman–Crippen LogP) is 2.40. The molecule has 1 aliphatic heterocycles. The first-order valence-electron chi connectivity index (χ1n) is 7.55. The van der Waals surface area contributed by atoms with Crippen molar-refractivity contribution in [1.29, 1.82) is 0 Å². The van der Waals surface area contributed by atoms with Gasteiger partial charge in [-0.1, -0.05) is 0 Å². The Kier molecular flexibility index (Phi) is 6.76. The molecule has 2 unspecified atom stereocenters. The fourth-order valence-electron chi connectivity index (χ4n) is 2.34. The van der Waals surface area contributed by atoms with Gasteiger partial charge in [-0.15, -0.1) is 0 Å². The van der Waals surface area contributed by atoms with Gasteiger partial charge in [0.15, 0.2) is 0 Å². The second kappa shape index (κ2) is 7.84. The molecule has 0 saturated carbocycles. The van der Waals surface area contributed by atoms with E-state index in [2.05, 4.69) is 12.2 Å². The van der Waals surface area contributed by atoms with Crippen molar-refractivity contribution >= 4 is 6.09 Å². The molecule has 1 N–H and O–H groups in total. The fraction of sp³-hybridized carbons (Fsp3) is 0.933. The van der Waals surface area contributed by atoms with Gasteiger partial charge >= 0.3 is 6.09 Å². The summed E-state index contributed by atoms with van der Waals surface area (Å²) in [7, 11) is 1.72. The van der Waals surface area contributed by atoms with Crippen LogP contribution in [-0.4, -0.2) is 55.5 Å². The van der Waals surface area contributed by atoms with Crippen molar-refractivity contribution < 1.29 is 14.3 Å². The number of carbonyl (C=O) groups is 1. The van der Waals surface area contributed by atoms with Gasteiger partial charge in [0.25, 0.3) is 0 Å². The smallest absolute Gasteiger partial charge is 0.410 e. The first-order valence-corrected chi connectivity index (χ1v) is 7.55. The topological polar surface area (TPSA) is 50.8 Å². The number of nitrogens with zero attached hydrogens (tertiary/aromatic N) is 1. The number of ether oxygens (including phenoxy) is 2. The van der Waals surface area contributed by atoms with Crippen LogP contribution in [0.1, 0.15) is 47.0 Å². The minimum atomic E-state index is -0.427. The van der Waals surface area contributed by atoms with Gasteiger partial charge in [-0.25, -0.2) is 4.79 Å². The van der Waals surface area contributed by atoms with Gasteiger partial charge in [0.2, 0.25) is 0 Å². The van der Waals surface area contributed by atoms with Crippen molar-refractivity contribution in [2.45, 2.75) is 64.6 Å². The molecule has 1 heterocycles. The van der Waals surface area contributed by atoms with Crippen LogP contribution in [0.25, 0.3) is 0 Å². The summed E-state index contributed by atoms with van der Waals surface area (Å²) in [6, 6.07) is 0.644. The minimum absolute atomic E-state index is 0.189. The highest BCUT2D eigenvalue weighted by molar-refractivity contribution is 5.69. The van der Waals surface area contributed by atoms with Crippen LogP contribution in [0.3, 0.4) is 0 Å². The normalized spacial score (nSPS) is 21.1. The molecule has 1 rings (SSSR count). The van der Waals surface area contributed by atoms with E-state index in [0.717, 1.165) is 39.0 Å². The molecule has 0 aromatic heterocycles. The zero-order valence-corrected chi connectivity index (χ0v) is 13.6. The second-order valence-corrected chi connectivity index (χ2v) is 6.56. The summed E-state index contributed by atoms with van der Waals surface area (Å²) < 4.78 is 10.5. The van der Waals surface area contributed by atoms with Crippen LogP contribution < -0.4 is 5.32 Å². The standard InChI is InChI=1S/C15H30N2O3/c1-12(8-10-19-5)16-11-13-7-6-9-17(13)14(18)20-15(2,3)4/h12-13,16H,6-11H2,1-5H3. The van der Waals surface area contributed by atoms with Crippen LogP contribution in [0.5, 0.6) is 0 Å². The summed E-state index contributed by atoms with van der Waals surface area (Å²) in [6.45, 7) is 10.2. The van der Waals surface area contributed by atoms with Crippen molar-refractivity contribution in [3.05, 3.63) is 0 Å². The maximum atomic E-state index is 12.1. The number of rotatable bonds is 6. The molecule has 118 valence electrons. The minimum Gasteiger partial charge on any atom is -0.444 e. The highest BCUT2D eigenvalue weighted by atomic mass is 16.6. The lowest BCUT2D eigenvalue weighted by atomic mass is 10.2. The molecular formula is C15H30N2O3. The fourth-order valence-corrected chi connectivity index (χ4v) is 2.34. The van der Waals surface area contributed by atoms with Crippen LogP contribution in [-0.2, 0) is 9.47 Å². The summed E-state index contributed by atoms with van der Waals surface area (Å²) in [6.07, 6.45) is 2.89. The van der Waals surface area contributed by atoms with Gasteiger partial charge in [0.05, 0.1) is 0 Å². The van der Waals surface area contributed by atoms with Crippen molar-refractivity contribution in [1.82, 2.24) is 10.2 Å². The Hall–Kier alpha value is -0.810. The molecule has 1 saturated heterocycles. The molecule has 0 spiro atoms. The third-order valence-corrected chi connectivity index (χ3v) is 3.46. The molecule has 1 fully saturated rings. The maximum Gasteiger partial charge on any atom is 0.410 e. The van der Waals surface area contributed by atoms with Gasteiger partial charge < -0.3 is 19.7 Å². The van der Waals surface area contributed by atoms with Crippen LogP contribution in [0, 0.1) is 0 Å². The lowest BCUT2D eigenvalue weighted by Gasteiger charge is -2.29. The van der Waals surface area contributed by atoms with E-state index in [9.17, 15) is 4.79 Å². The van der Waals surface area contributed by atoms with Gasteiger partial charge in [0.1, 0.15) is 5.60 Å². The van der Waals surface area contributed by atoms with Crippen LogP contribution >= 0.6 is 0 Å². The Morgan fingerprint density at radius 1 is 1.45 bits per heavy atom. The van der Waals surface area contributed by atoms with E-state index in [0.29, 0.717) is 6.04 Å². The molecule has 0 bridgehead atoms. The van der Waals surface area contributed by atoms with Gasteiger partial charge in [0, 0.05) is 38.9 Å². The van der Waals surface area contributed by atoms with E-state index in [1.807, 2.05) is 25.7 Å². The number of likely N-dealkylation sites (tertiary alicyclic amines) is 1. The molecule has 0 radical (unpaired) electrons. The molecule has 5 heteroatoms. The lowest BCUT2D eigenvalue weighted by molar-refractivity contribution is 0.0224. The van der Waals surface area contributed by atoms with Gasteiger partial charge in [-0.2, -0.15) is 0 Å². The van der Waals surface area contributed by atoms with E-state index in [1.165, 1.54) is 0 Å². The molecule has 0 aromatic rings. The van der Waals surface area contributed by atoms with Crippen LogP contribution in [0.2, 0.25) is 0 Å². The SMILES string of the molecule is COCCC(C)NCC1CCCN1C(=O)OC(C)(C)C. The van der Waals surface area contributed by atoms with E-state index in [-0.39, 0.29) is 12.1 Å². The Morgan fingerprint density at radius 3 is 2.75 bits per heavy atom. The number of hydrogen-bond acceptors (Lipinski definition) is 4.